The molecule has 2 N–H and O–H groups in total. The van der Waals surface area contributed by atoms with Crippen molar-refractivity contribution in [1.29, 1.82) is 0 Å². The highest BCUT2D eigenvalue weighted by atomic mass is 16.5. The van der Waals surface area contributed by atoms with Crippen molar-refractivity contribution in [3.05, 3.63) is 0 Å². The molecule has 1 unspecified atom stereocenters. The van der Waals surface area contributed by atoms with E-state index in [9.17, 15) is 0 Å². The van der Waals surface area contributed by atoms with E-state index in [4.69, 9.17) is 4.74 Å². The van der Waals surface area contributed by atoms with E-state index >= 15 is 0 Å². The van der Waals surface area contributed by atoms with E-state index in [1.165, 1.54) is 32.1 Å². The molecule has 3 nitrogen and oxygen atoms in total. The molecule has 1 saturated carbocycles. The molecule has 1 aliphatic heterocycles. The van der Waals surface area contributed by atoms with Crippen LogP contribution >= 0.6 is 0 Å². The monoisotopic (exact) mass is 198 g/mol. The van der Waals surface area contributed by atoms with Crippen LogP contribution in [0, 0.1) is 0 Å². The molecule has 2 fully saturated rings. The fourth-order valence-corrected chi connectivity index (χ4v) is 2.84. The van der Waals surface area contributed by atoms with Gasteiger partial charge in [-0.05, 0) is 19.9 Å². The average Bonchev–Trinajstić information content (AvgIpc) is 2.31. The minimum atomic E-state index is 0.256. The molecule has 0 aromatic carbocycles. The molecule has 0 aromatic rings. The van der Waals surface area contributed by atoms with E-state index in [2.05, 4.69) is 17.7 Å². The fraction of sp³-hybridized carbons (Fsp3) is 1.00. The maximum atomic E-state index is 5.89. The summed E-state index contributed by atoms with van der Waals surface area (Å²) in [5.74, 6) is 0. The van der Waals surface area contributed by atoms with Crippen LogP contribution in [0.5, 0.6) is 0 Å². The SMILES string of the molecule is CNC1(C2CNCCO2)CCCCC1. The first-order chi connectivity index (χ1) is 6.87. The molecule has 2 aliphatic rings. The van der Waals surface area contributed by atoms with Crippen LogP contribution in [0.25, 0.3) is 0 Å². The third-order valence-electron chi connectivity index (χ3n) is 3.79. The van der Waals surface area contributed by atoms with Gasteiger partial charge in [-0.1, -0.05) is 19.3 Å². The maximum absolute atomic E-state index is 5.89. The fourth-order valence-electron chi connectivity index (χ4n) is 2.84. The molecule has 2 rings (SSSR count). The molecule has 1 heterocycles. The van der Waals surface area contributed by atoms with E-state index in [0.29, 0.717) is 6.10 Å². The zero-order chi connectivity index (χ0) is 9.86. The van der Waals surface area contributed by atoms with Gasteiger partial charge < -0.3 is 15.4 Å². The van der Waals surface area contributed by atoms with Crippen molar-refractivity contribution in [3.63, 3.8) is 0 Å². The second kappa shape index (κ2) is 4.60. The van der Waals surface area contributed by atoms with Crippen molar-refractivity contribution in [3.8, 4) is 0 Å². The van der Waals surface area contributed by atoms with Crippen molar-refractivity contribution in [2.45, 2.75) is 43.7 Å². The molecule has 1 aliphatic carbocycles. The van der Waals surface area contributed by atoms with Crippen molar-refractivity contribution >= 4 is 0 Å². The molecule has 0 bridgehead atoms. The number of nitrogens with one attached hydrogen (secondary N) is 2. The molecule has 0 radical (unpaired) electrons. The summed E-state index contributed by atoms with van der Waals surface area (Å²) in [5.41, 5.74) is 0.256. The number of hydrogen-bond donors (Lipinski definition) is 2. The van der Waals surface area contributed by atoms with Gasteiger partial charge in [0.25, 0.3) is 0 Å². The van der Waals surface area contributed by atoms with Crippen LogP contribution in [-0.4, -0.2) is 38.4 Å². The first kappa shape index (κ1) is 10.4. The van der Waals surface area contributed by atoms with Gasteiger partial charge in [0.2, 0.25) is 0 Å². The number of hydrogen-bond acceptors (Lipinski definition) is 3. The van der Waals surface area contributed by atoms with Crippen LogP contribution < -0.4 is 10.6 Å². The van der Waals surface area contributed by atoms with Crippen molar-refractivity contribution in [1.82, 2.24) is 10.6 Å². The lowest BCUT2D eigenvalue weighted by Crippen LogP contribution is -2.60. The Morgan fingerprint density at radius 3 is 2.64 bits per heavy atom. The number of likely N-dealkylation sites (N-methyl/N-ethyl adjacent to an activating group) is 1. The predicted molar refractivity (Wildman–Crippen MR) is 57.5 cm³/mol. The Morgan fingerprint density at radius 2 is 2.07 bits per heavy atom. The molecule has 1 atom stereocenters. The van der Waals surface area contributed by atoms with Crippen LogP contribution in [0.2, 0.25) is 0 Å². The van der Waals surface area contributed by atoms with Gasteiger partial charge in [0.05, 0.1) is 12.7 Å². The van der Waals surface area contributed by atoms with Crippen molar-refractivity contribution < 1.29 is 4.74 Å². The largest absolute Gasteiger partial charge is 0.374 e. The highest BCUT2D eigenvalue weighted by Crippen LogP contribution is 2.32. The molecule has 3 heteroatoms. The summed E-state index contributed by atoms with van der Waals surface area (Å²) in [7, 11) is 2.09. The van der Waals surface area contributed by atoms with Crippen LogP contribution in [0.4, 0.5) is 0 Å². The maximum Gasteiger partial charge on any atom is 0.0881 e. The van der Waals surface area contributed by atoms with Crippen molar-refractivity contribution in [2.75, 3.05) is 26.7 Å². The van der Waals surface area contributed by atoms with Crippen LogP contribution in [0.1, 0.15) is 32.1 Å². The van der Waals surface area contributed by atoms with Gasteiger partial charge in [-0.25, -0.2) is 0 Å². The number of morpholine rings is 1. The Balaban J connectivity index is 2.01. The summed E-state index contributed by atoms with van der Waals surface area (Å²) in [6.45, 7) is 2.89. The molecule has 1 saturated heterocycles. The van der Waals surface area contributed by atoms with E-state index < -0.39 is 0 Å². The first-order valence-electron chi connectivity index (χ1n) is 5.89. The van der Waals surface area contributed by atoms with Crippen LogP contribution in [0.15, 0.2) is 0 Å². The van der Waals surface area contributed by atoms with Gasteiger partial charge in [-0.3, -0.25) is 0 Å². The van der Waals surface area contributed by atoms with Crippen molar-refractivity contribution in [2.24, 2.45) is 0 Å². The van der Waals surface area contributed by atoms with Gasteiger partial charge in [-0.15, -0.1) is 0 Å². The zero-order valence-electron chi connectivity index (χ0n) is 9.14. The van der Waals surface area contributed by atoms with E-state index in [1.807, 2.05) is 0 Å². The number of ether oxygens (including phenoxy) is 1. The van der Waals surface area contributed by atoms with Gasteiger partial charge in [0, 0.05) is 18.6 Å². The summed E-state index contributed by atoms with van der Waals surface area (Å²) in [6.07, 6.45) is 7.01. The topological polar surface area (TPSA) is 33.3 Å². The zero-order valence-corrected chi connectivity index (χ0v) is 9.14. The molecule has 0 amide bonds. The Morgan fingerprint density at radius 1 is 1.29 bits per heavy atom. The van der Waals surface area contributed by atoms with Gasteiger partial charge >= 0.3 is 0 Å². The van der Waals surface area contributed by atoms with Crippen LogP contribution in [0.3, 0.4) is 0 Å². The third-order valence-corrected chi connectivity index (χ3v) is 3.79. The van der Waals surface area contributed by atoms with E-state index in [-0.39, 0.29) is 5.54 Å². The number of rotatable bonds is 2. The lowest BCUT2D eigenvalue weighted by molar-refractivity contribution is -0.0448. The molecule has 0 spiro atoms. The lowest BCUT2D eigenvalue weighted by Gasteiger charge is -2.44. The second-order valence-corrected chi connectivity index (χ2v) is 4.53. The molecule has 14 heavy (non-hydrogen) atoms. The quantitative estimate of drug-likeness (QED) is 0.691. The van der Waals surface area contributed by atoms with Gasteiger partial charge in [0.1, 0.15) is 0 Å². The minimum Gasteiger partial charge on any atom is -0.374 e. The second-order valence-electron chi connectivity index (χ2n) is 4.53. The molecular weight excluding hydrogens is 176 g/mol. The Labute approximate surface area is 86.6 Å². The summed E-state index contributed by atoms with van der Waals surface area (Å²) < 4.78 is 5.89. The molecule has 82 valence electrons. The molecular formula is C11H22N2O. The predicted octanol–water partition coefficient (Wildman–Crippen LogP) is 0.897. The first-order valence-corrected chi connectivity index (χ1v) is 5.89. The normalized spacial score (nSPS) is 32.8. The minimum absolute atomic E-state index is 0.256. The Bertz CT molecular complexity index is 172. The Kier molecular flexibility index (Phi) is 3.42. The smallest absolute Gasteiger partial charge is 0.0881 e. The summed E-state index contributed by atoms with van der Waals surface area (Å²) in [5, 5.41) is 6.95. The Hall–Kier alpha value is -0.120. The summed E-state index contributed by atoms with van der Waals surface area (Å²) >= 11 is 0. The van der Waals surface area contributed by atoms with E-state index in [0.717, 1.165) is 19.7 Å². The summed E-state index contributed by atoms with van der Waals surface area (Å²) in [6, 6.07) is 0. The van der Waals surface area contributed by atoms with Crippen LogP contribution in [-0.2, 0) is 4.74 Å². The average molecular weight is 198 g/mol. The van der Waals surface area contributed by atoms with E-state index in [1.54, 1.807) is 0 Å². The lowest BCUT2D eigenvalue weighted by atomic mass is 9.77. The summed E-state index contributed by atoms with van der Waals surface area (Å²) in [4.78, 5) is 0. The third kappa shape index (κ3) is 1.95. The van der Waals surface area contributed by atoms with Gasteiger partial charge in [-0.2, -0.15) is 0 Å². The standard InChI is InChI=1S/C11H22N2O/c1-12-11(5-3-2-4-6-11)10-9-13-7-8-14-10/h10,12-13H,2-9H2,1H3. The highest BCUT2D eigenvalue weighted by molar-refractivity contribution is 4.98. The molecule has 0 aromatic heterocycles. The van der Waals surface area contributed by atoms with Gasteiger partial charge in [0.15, 0.2) is 0 Å². The highest BCUT2D eigenvalue weighted by Gasteiger charge is 2.39.